The van der Waals surface area contributed by atoms with Crippen molar-refractivity contribution in [3.63, 3.8) is 0 Å². The number of carbonyl (C=O) groups excluding carboxylic acids is 2. The Morgan fingerprint density at radius 1 is 1.17 bits per heavy atom. The molecule has 1 aromatic heterocycles. The molecule has 0 radical (unpaired) electrons. The largest absolute Gasteiger partial charge is 0.386 e. The summed E-state index contributed by atoms with van der Waals surface area (Å²) >= 11 is 0. The van der Waals surface area contributed by atoms with E-state index in [-0.39, 0.29) is 11.9 Å². The highest BCUT2D eigenvalue weighted by atomic mass is 16.7. The second-order valence-electron chi connectivity index (χ2n) is 7.55. The standard InChI is InChI=1S/C21H23N5O3/c1-14-5-3-6-16(11-14)23-20(28)26-10-8-21(13-26)12-18(25-29-21)19(27)24-17-7-4-9-22-15(17)2/h3-7,9,11H,8,10,12-13H2,1-2H3,(H,23,28)(H,24,27)/t21-/m1/s1. The van der Waals surface area contributed by atoms with Gasteiger partial charge >= 0.3 is 6.03 Å². The SMILES string of the molecule is Cc1cccc(NC(=O)N2CC[C@@]3(CC(C(=O)Nc4cccnc4C)=NO3)C2)c1. The van der Waals surface area contributed by atoms with Gasteiger partial charge in [0.25, 0.3) is 5.91 Å². The van der Waals surface area contributed by atoms with E-state index < -0.39 is 5.60 Å². The highest BCUT2D eigenvalue weighted by molar-refractivity contribution is 6.43. The van der Waals surface area contributed by atoms with Gasteiger partial charge in [-0.25, -0.2) is 4.79 Å². The second kappa shape index (κ2) is 7.54. The maximum atomic E-state index is 12.6. The highest BCUT2D eigenvalue weighted by Gasteiger charge is 2.48. The zero-order valence-electron chi connectivity index (χ0n) is 16.4. The number of hydrogen-bond donors (Lipinski definition) is 2. The zero-order chi connectivity index (χ0) is 20.4. The predicted molar refractivity (Wildman–Crippen MR) is 110 cm³/mol. The molecule has 2 N–H and O–H groups in total. The molecule has 0 unspecified atom stereocenters. The molecule has 3 heterocycles. The molecule has 150 valence electrons. The first-order chi connectivity index (χ1) is 13.9. The molecule has 2 aromatic rings. The Labute approximate surface area is 168 Å². The lowest BCUT2D eigenvalue weighted by atomic mass is 9.96. The summed E-state index contributed by atoms with van der Waals surface area (Å²) in [7, 11) is 0. The van der Waals surface area contributed by atoms with Gasteiger partial charge in [0, 0.05) is 31.3 Å². The smallest absolute Gasteiger partial charge is 0.321 e. The summed E-state index contributed by atoms with van der Waals surface area (Å²) in [6, 6.07) is 11.0. The van der Waals surface area contributed by atoms with Crippen molar-refractivity contribution in [1.82, 2.24) is 9.88 Å². The van der Waals surface area contributed by atoms with Crippen LogP contribution in [0.5, 0.6) is 0 Å². The number of hydrogen-bond acceptors (Lipinski definition) is 5. The van der Waals surface area contributed by atoms with Crippen LogP contribution in [0.4, 0.5) is 16.2 Å². The van der Waals surface area contributed by atoms with Gasteiger partial charge in [0.2, 0.25) is 0 Å². The van der Waals surface area contributed by atoms with Crippen LogP contribution in [-0.2, 0) is 9.63 Å². The number of pyridine rings is 1. The number of likely N-dealkylation sites (tertiary alicyclic amines) is 1. The molecule has 2 aliphatic rings. The van der Waals surface area contributed by atoms with E-state index in [4.69, 9.17) is 4.84 Å². The number of anilines is 2. The number of aryl methyl sites for hydroxylation is 2. The summed E-state index contributed by atoms with van der Waals surface area (Å²) in [6.07, 6.45) is 2.66. The van der Waals surface area contributed by atoms with Crippen molar-refractivity contribution < 1.29 is 14.4 Å². The normalized spacial score (nSPS) is 20.3. The van der Waals surface area contributed by atoms with Gasteiger partial charge in [-0.3, -0.25) is 9.78 Å². The minimum atomic E-state index is -0.638. The van der Waals surface area contributed by atoms with Crippen molar-refractivity contribution in [2.45, 2.75) is 32.3 Å². The van der Waals surface area contributed by atoms with Crippen LogP contribution in [0.1, 0.15) is 24.1 Å². The number of aromatic nitrogens is 1. The second-order valence-corrected chi connectivity index (χ2v) is 7.55. The summed E-state index contributed by atoms with van der Waals surface area (Å²) < 4.78 is 0. The van der Waals surface area contributed by atoms with E-state index in [0.29, 0.717) is 37.3 Å². The molecule has 8 nitrogen and oxygen atoms in total. The number of oxime groups is 1. The molecule has 4 rings (SSSR count). The summed E-state index contributed by atoms with van der Waals surface area (Å²) in [5.41, 5.74) is 2.90. The molecule has 2 aliphatic heterocycles. The van der Waals surface area contributed by atoms with Crippen LogP contribution >= 0.6 is 0 Å². The molecule has 8 heteroatoms. The lowest BCUT2D eigenvalue weighted by molar-refractivity contribution is -0.110. The lowest BCUT2D eigenvalue weighted by Crippen LogP contribution is -2.39. The van der Waals surface area contributed by atoms with E-state index >= 15 is 0 Å². The fourth-order valence-corrected chi connectivity index (χ4v) is 3.62. The maximum absolute atomic E-state index is 12.6. The van der Waals surface area contributed by atoms with Gasteiger partial charge in [0.15, 0.2) is 5.60 Å². The van der Waals surface area contributed by atoms with Gasteiger partial charge in [-0.2, -0.15) is 0 Å². The third-order valence-electron chi connectivity index (χ3n) is 5.23. The van der Waals surface area contributed by atoms with Crippen LogP contribution in [0, 0.1) is 13.8 Å². The molecule has 29 heavy (non-hydrogen) atoms. The number of benzene rings is 1. The van der Waals surface area contributed by atoms with E-state index in [0.717, 1.165) is 16.9 Å². The Morgan fingerprint density at radius 3 is 2.83 bits per heavy atom. The van der Waals surface area contributed by atoms with E-state index in [1.54, 1.807) is 23.2 Å². The van der Waals surface area contributed by atoms with Crippen LogP contribution in [0.3, 0.4) is 0 Å². The molecule has 0 saturated carbocycles. The van der Waals surface area contributed by atoms with Crippen molar-refractivity contribution in [2.75, 3.05) is 23.7 Å². The Morgan fingerprint density at radius 2 is 2.03 bits per heavy atom. The summed E-state index contributed by atoms with van der Waals surface area (Å²) in [4.78, 5) is 36.7. The minimum Gasteiger partial charge on any atom is -0.386 e. The number of amides is 3. The van der Waals surface area contributed by atoms with Gasteiger partial charge < -0.3 is 20.4 Å². The minimum absolute atomic E-state index is 0.181. The molecular weight excluding hydrogens is 370 g/mol. The molecule has 1 aromatic carbocycles. The molecule has 1 saturated heterocycles. The number of rotatable bonds is 3. The number of nitrogens with zero attached hydrogens (tertiary/aromatic N) is 3. The third-order valence-corrected chi connectivity index (χ3v) is 5.23. The fraction of sp³-hybridized carbons (Fsp3) is 0.333. The number of nitrogens with one attached hydrogen (secondary N) is 2. The molecule has 0 bridgehead atoms. The van der Waals surface area contributed by atoms with Crippen molar-refractivity contribution in [2.24, 2.45) is 5.16 Å². The van der Waals surface area contributed by atoms with Crippen LogP contribution in [0.25, 0.3) is 0 Å². The molecule has 3 amide bonds. The van der Waals surface area contributed by atoms with E-state index in [1.165, 1.54) is 0 Å². The monoisotopic (exact) mass is 393 g/mol. The van der Waals surface area contributed by atoms with Gasteiger partial charge in [0.05, 0.1) is 17.9 Å². The number of carbonyl (C=O) groups is 2. The predicted octanol–water partition coefficient (Wildman–Crippen LogP) is 3.09. The van der Waals surface area contributed by atoms with E-state index in [2.05, 4.69) is 20.8 Å². The Kier molecular flexibility index (Phi) is 4.92. The summed E-state index contributed by atoms with van der Waals surface area (Å²) in [6.45, 7) is 4.73. The lowest BCUT2D eigenvalue weighted by Gasteiger charge is -2.22. The van der Waals surface area contributed by atoms with E-state index in [1.807, 2.05) is 38.1 Å². The Hall–Kier alpha value is -3.42. The highest BCUT2D eigenvalue weighted by Crippen LogP contribution is 2.34. The first kappa shape index (κ1) is 18.9. The van der Waals surface area contributed by atoms with Crippen LogP contribution in [0.15, 0.2) is 47.8 Å². The molecule has 1 spiro atoms. The van der Waals surface area contributed by atoms with Crippen molar-refractivity contribution in [3.8, 4) is 0 Å². The summed E-state index contributed by atoms with van der Waals surface area (Å²) in [5, 5.41) is 9.75. The first-order valence-corrected chi connectivity index (χ1v) is 9.55. The van der Waals surface area contributed by atoms with Crippen LogP contribution in [0.2, 0.25) is 0 Å². The Balaban J connectivity index is 1.35. The average molecular weight is 393 g/mol. The van der Waals surface area contributed by atoms with Gasteiger partial charge in [0.1, 0.15) is 5.71 Å². The molecule has 1 atom stereocenters. The van der Waals surface area contributed by atoms with Crippen LogP contribution < -0.4 is 10.6 Å². The van der Waals surface area contributed by atoms with Crippen molar-refractivity contribution >= 4 is 29.0 Å². The number of urea groups is 1. The van der Waals surface area contributed by atoms with Crippen LogP contribution in [-0.4, -0.2) is 46.2 Å². The fourth-order valence-electron chi connectivity index (χ4n) is 3.62. The quantitative estimate of drug-likeness (QED) is 0.838. The summed E-state index contributed by atoms with van der Waals surface area (Å²) in [5.74, 6) is -0.305. The average Bonchev–Trinajstić information content (AvgIpc) is 3.31. The zero-order valence-corrected chi connectivity index (χ0v) is 16.4. The topological polar surface area (TPSA) is 95.9 Å². The van der Waals surface area contributed by atoms with Gasteiger partial charge in [-0.15, -0.1) is 0 Å². The third kappa shape index (κ3) is 4.06. The first-order valence-electron chi connectivity index (χ1n) is 9.55. The molecule has 0 aliphatic carbocycles. The Bertz CT molecular complexity index is 990. The van der Waals surface area contributed by atoms with Crippen molar-refractivity contribution in [1.29, 1.82) is 0 Å². The van der Waals surface area contributed by atoms with E-state index in [9.17, 15) is 9.59 Å². The maximum Gasteiger partial charge on any atom is 0.321 e. The van der Waals surface area contributed by atoms with Gasteiger partial charge in [-0.1, -0.05) is 17.3 Å². The van der Waals surface area contributed by atoms with Gasteiger partial charge in [-0.05, 0) is 43.7 Å². The molecular formula is C21H23N5O3. The van der Waals surface area contributed by atoms with Crippen molar-refractivity contribution in [3.05, 3.63) is 53.9 Å². The molecule has 1 fully saturated rings.